The number of aryl methyl sites for hydroxylation is 1. The average Bonchev–Trinajstić information content (AvgIpc) is 2.96. The molecule has 0 radical (unpaired) electrons. The van der Waals surface area contributed by atoms with Gasteiger partial charge < -0.3 is 14.0 Å². The molecule has 2 aromatic rings. The lowest BCUT2D eigenvalue weighted by Gasteiger charge is -2.11. The Kier molecular flexibility index (Phi) is 5.20. The van der Waals surface area contributed by atoms with Gasteiger partial charge in [0.25, 0.3) is 5.89 Å². The van der Waals surface area contributed by atoms with Crippen molar-refractivity contribution >= 4 is 0 Å². The fraction of sp³-hybridized carbons (Fsp3) is 0.500. The number of hydrogen-bond acceptors (Lipinski definition) is 6. The maximum atomic E-state index is 5.44. The van der Waals surface area contributed by atoms with Gasteiger partial charge in [-0.3, -0.25) is 4.98 Å². The van der Waals surface area contributed by atoms with Crippen molar-refractivity contribution in [1.29, 1.82) is 0 Å². The van der Waals surface area contributed by atoms with Gasteiger partial charge in [-0.1, -0.05) is 12.1 Å². The molecule has 0 aliphatic heterocycles. The Morgan fingerprint density at radius 3 is 2.60 bits per heavy atom. The minimum Gasteiger partial charge on any atom is -0.345 e. The Bertz CT molecular complexity index is 536. The van der Waals surface area contributed by atoms with Crippen LogP contribution in [-0.4, -0.2) is 28.3 Å². The Morgan fingerprint density at radius 1 is 1.20 bits per heavy atom. The molecule has 0 aromatic carbocycles. The molecule has 0 spiro atoms. The largest absolute Gasteiger partial charge is 0.345 e. The molecular weight excluding hydrogens is 258 g/mol. The highest BCUT2D eigenvalue weighted by atomic mass is 16.7. The summed E-state index contributed by atoms with van der Waals surface area (Å²) in [5, 5.41) is 4.01. The second-order valence-corrected chi connectivity index (χ2v) is 4.09. The minimum absolute atomic E-state index is 0.336. The molecular formula is C14H19N3O3. The van der Waals surface area contributed by atoms with E-state index in [4.69, 9.17) is 14.0 Å². The van der Waals surface area contributed by atoms with Gasteiger partial charge in [0.05, 0.1) is 0 Å². The number of rotatable bonds is 7. The van der Waals surface area contributed by atoms with Crippen LogP contribution in [0.3, 0.4) is 0 Å². The predicted molar refractivity (Wildman–Crippen MR) is 72.9 cm³/mol. The van der Waals surface area contributed by atoms with Crippen LogP contribution < -0.4 is 0 Å². The maximum absolute atomic E-state index is 5.44. The van der Waals surface area contributed by atoms with Gasteiger partial charge in [0.2, 0.25) is 12.1 Å². The van der Waals surface area contributed by atoms with Crippen LogP contribution >= 0.6 is 0 Å². The third kappa shape index (κ3) is 3.20. The fourth-order valence-corrected chi connectivity index (χ4v) is 1.86. The Morgan fingerprint density at radius 2 is 1.95 bits per heavy atom. The third-order valence-electron chi connectivity index (χ3n) is 2.80. The molecule has 2 aromatic heterocycles. The summed E-state index contributed by atoms with van der Waals surface area (Å²) in [6, 6.07) is 1.88. The summed E-state index contributed by atoms with van der Waals surface area (Å²) in [4.78, 5) is 8.48. The lowest BCUT2D eigenvalue weighted by Crippen LogP contribution is -2.09. The molecule has 6 nitrogen and oxygen atoms in total. The Hall–Kier alpha value is -1.79. The van der Waals surface area contributed by atoms with Crippen molar-refractivity contribution in [2.75, 3.05) is 13.2 Å². The van der Waals surface area contributed by atoms with Crippen molar-refractivity contribution in [3.05, 3.63) is 29.9 Å². The second kappa shape index (κ2) is 7.12. The molecule has 0 atom stereocenters. The average molecular weight is 277 g/mol. The standard InChI is InChI=1S/C14H19N3O3/c1-4-10-9-15-8-7-11(10)12-16-13(20-17-12)14(18-5-2)19-6-3/h7-9,14H,4-6H2,1-3H3. The highest BCUT2D eigenvalue weighted by Crippen LogP contribution is 2.24. The summed E-state index contributed by atoms with van der Waals surface area (Å²) in [7, 11) is 0. The van der Waals surface area contributed by atoms with E-state index < -0.39 is 6.29 Å². The lowest BCUT2D eigenvalue weighted by atomic mass is 10.1. The molecule has 0 saturated carbocycles. The van der Waals surface area contributed by atoms with Crippen molar-refractivity contribution < 1.29 is 14.0 Å². The number of nitrogens with zero attached hydrogens (tertiary/aromatic N) is 3. The van der Waals surface area contributed by atoms with Gasteiger partial charge in [0, 0.05) is 31.2 Å². The number of pyridine rings is 1. The Balaban J connectivity index is 2.27. The zero-order valence-corrected chi connectivity index (χ0v) is 12.0. The van der Waals surface area contributed by atoms with Crippen molar-refractivity contribution in [1.82, 2.24) is 15.1 Å². The summed E-state index contributed by atoms with van der Waals surface area (Å²) in [6.45, 7) is 6.86. The van der Waals surface area contributed by atoms with Crippen LogP contribution in [0, 0.1) is 0 Å². The van der Waals surface area contributed by atoms with E-state index in [0.29, 0.717) is 24.9 Å². The smallest absolute Gasteiger partial charge is 0.283 e. The Labute approximate surface area is 118 Å². The van der Waals surface area contributed by atoms with Crippen LogP contribution in [0.5, 0.6) is 0 Å². The minimum atomic E-state index is -0.613. The first-order valence-electron chi connectivity index (χ1n) is 6.80. The van der Waals surface area contributed by atoms with E-state index in [2.05, 4.69) is 22.0 Å². The van der Waals surface area contributed by atoms with Crippen LogP contribution in [0.2, 0.25) is 0 Å². The number of ether oxygens (including phenoxy) is 2. The molecule has 2 heterocycles. The van der Waals surface area contributed by atoms with E-state index in [1.165, 1.54) is 0 Å². The summed E-state index contributed by atoms with van der Waals surface area (Å²) >= 11 is 0. The van der Waals surface area contributed by atoms with E-state index >= 15 is 0 Å². The van der Waals surface area contributed by atoms with Crippen LogP contribution in [0.4, 0.5) is 0 Å². The molecule has 0 N–H and O–H groups in total. The normalized spacial score (nSPS) is 11.2. The zero-order valence-electron chi connectivity index (χ0n) is 12.0. The summed E-state index contributed by atoms with van der Waals surface area (Å²) < 4.78 is 16.1. The van der Waals surface area contributed by atoms with Crippen LogP contribution in [0.15, 0.2) is 23.0 Å². The topological polar surface area (TPSA) is 70.3 Å². The summed E-state index contributed by atoms with van der Waals surface area (Å²) in [5.74, 6) is 0.867. The zero-order chi connectivity index (χ0) is 14.4. The molecule has 6 heteroatoms. The fourth-order valence-electron chi connectivity index (χ4n) is 1.86. The number of aromatic nitrogens is 3. The van der Waals surface area contributed by atoms with E-state index in [9.17, 15) is 0 Å². The number of hydrogen-bond donors (Lipinski definition) is 0. The molecule has 0 bridgehead atoms. The van der Waals surface area contributed by atoms with Crippen molar-refractivity contribution in [3.8, 4) is 11.4 Å². The first-order valence-corrected chi connectivity index (χ1v) is 6.80. The van der Waals surface area contributed by atoms with Gasteiger partial charge in [-0.25, -0.2) is 0 Å². The predicted octanol–water partition coefficient (Wildman–Crippen LogP) is 2.77. The van der Waals surface area contributed by atoms with Gasteiger partial charge >= 0.3 is 0 Å². The molecule has 2 rings (SSSR count). The maximum Gasteiger partial charge on any atom is 0.283 e. The van der Waals surface area contributed by atoms with E-state index in [0.717, 1.165) is 17.5 Å². The van der Waals surface area contributed by atoms with E-state index in [1.807, 2.05) is 26.1 Å². The van der Waals surface area contributed by atoms with Gasteiger partial charge in [0.1, 0.15) is 0 Å². The monoisotopic (exact) mass is 277 g/mol. The van der Waals surface area contributed by atoms with Crippen LogP contribution in [0.25, 0.3) is 11.4 Å². The molecule has 0 aliphatic carbocycles. The molecule has 0 fully saturated rings. The van der Waals surface area contributed by atoms with E-state index in [1.54, 1.807) is 6.20 Å². The highest BCUT2D eigenvalue weighted by molar-refractivity contribution is 5.58. The van der Waals surface area contributed by atoms with Crippen molar-refractivity contribution in [3.63, 3.8) is 0 Å². The van der Waals surface area contributed by atoms with Gasteiger partial charge in [-0.2, -0.15) is 4.98 Å². The van der Waals surface area contributed by atoms with E-state index in [-0.39, 0.29) is 0 Å². The summed E-state index contributed by atoms with van der Waals surface area (Å²) in [6.07, 6.45) is 3.77. The van der Waals surface area contributed by atoms with Crippen molar-refractivity contribution in [2.24, 2.45) is 0 Å². The third-order valence-corrected chi connectivity index (χ3v) is 2.80. The highest BCUT2D eigenvalue weighted by Gasteiger charge is 2.20. The van der Waals surface area contributed by atoms with Crippen LogP contribution in [0.1, 0.15) is 38.5 Å². The molecule has 108 valence electrons. The molecule has 0 saturated heterocycles. The molecule has 0 unspecified atom stereocenters. The van der Waals surface area contributed by atoms with Crippen molar-refractivity contribution in [2.45, 2.75) is 33.5 Å². The first kappa shape index (κ1) is 14.6. The SMILES string of the molecule is CCOC(OCC)c1nc(-c2ccncc2CC)no1. The molecule has 0 amide bonds. The van der Waals surface area contributed by atoms with Gasteiger partial charge in [-0.15, -0.1) is 0 Å². The molecule has 20 heavy (non-hydrogen) atoms. The van der Waals surface area contributed by atoms with Gasteiger partial charge in [0.15, 0.2) is 0 Å². The quantitative estimate of drug-likeness (QED) is 0.725. The van der Waals surface area contributed by atoms with Gasteiger partial charge in [-0.05, 0) is 31.9 Å². The van der Waals surface area contributed by atoms with Crippen LogP contribution in [-0.2, 0) is 15.9 Å². The first-order chi connectivity index (χ1) is 9.80. The second-order valence-electron chi connectivity index (χ2n) is 4.09. The summed E-state index contributed by atoms with van der Waals surface area (Å²) in [5.41, 5.74) is 1.99. The lowest BCUT2D eigenvalue weighted by molar-refractivity contribution is -0.155. The molecule has 0 aliphatic rings.